The van der Waals surface area contributed by atoms with Gasteiger partial charge in [-0.05, 0) is 43.4 Å². The fourth-order valence-corrected chi connectivity index (χ4v) is 4.36. The number of halogens is 1. The molecule has 6 heteroatoms. The van der Waals surface area contributed by atoms with E-state index in [1.54, 1.807) is 28.4 Å². The number of thiazole rings is 1. The minimum absolute atomic E-state index is 0.107. The van der Waals surface area contributed by atoms with Gasteiger partial charge < -0.3 is 0 Å². The van der Waals surface area contributed by atoms with Crippen LogP contribution >= 0.6 is 22.9 Å². The summed E-state index contributed by atoms with van der Waals surface area (Å²) in [6.07, 6.45) is 5.95. The molecule has 3 aromatic rings. The number of aryl methyl sites for hydroxylation is 2. The van der Waals surface area contributed by atoms with Gasteiger partial charge in [0.2, 0.25) is 0 Å². The molecule has 2 heterocycles. The van der Waals surface area contributed by atoms with Crippen molar-refractivity contribution < 1.29 is 4.79 Å². The van der Waals surface area contributed by atoms with Gasteiger partial charge in [-0.25, -0.2) is 9.97 Å². The number of carbonyl (C=O) groups is 1. The van der Waals surface area contributed by atoms with E-state index in [1.807, 2.05) is 30.3 Å². The molecule has 0 atom stereocenters. The van der Waals surface area contributed by atoms with E-state index in [2.05, 4.69) is 4.98 Å². The third-order valence-corrected chi connectivity index (χ3v) is 5.87. The maximum Gasteiger partial charge on any atom is 0.261 e. The Morgan fingerprint density at radius 3 is 2.65 bits per heavy atom. The first-order valence-corrected chi connectivity index (χ1v) is 9.86. The van der Waals surface area contributed by atoms with E-state index in [0.717, 1.165) is 29.2 Å². The van der Waals surface area contributed by atoms with Gasteiger partial charge in [-0.2, -0.15) is 0 Å². The molecule has 1 aliphatic rings. The standard InChI is InChI=1S/C20H18ClN3OS/c21-18-11-10-15(12-22-18)19(25)24(13-14-6-2-1-3-7-14)20-23-16-8-4-5-9-17(16)26-20/h1-3,6-7,10-12H,4-5,8-9,13H2. The van der Waals surface area contributed by atoms with E-state index in [-0.39, 0.29) is 5.91 Å². The van der Waals surface area contributed by atoms with Crippen molar-refractivity contribution in [2.75, 3.05) is 4.90 Å². The lowest BCUT2D eigenvalue weighted by Crippen LogP contribution is -2.30. The van der Waals surface area contributed by atoms with Crippen molar-refractivity contribution in [1.82, 2.24) is 9.97 Å². The van der Waals surface area contributed by atoms with Crippen LogP contribution in [0.4, 0.5) is 5.13 Å². The number of amides is 1. The Bertz CT molecular complexity index is 885. The molecule has 0 bridgehead atoms. The van der Waals surface area contributed by atoms with Crippen molar-refractivity contribution in [3.63, 3.8) is 0 Å². The maximum absolute atomic E-state index is 13.2. The maximum atomic E-state index is 13.2. The molecule has 2 aromatic heterocycles. The molecule has 26 heavy (non-hydrogen) atoms. The van der Waals surface area contributed by atoms with Crippen molar-refractivity contribution in [2.45, 2.75) is 32.2 Å². The zero-order valence-corrected chi connectivity index (χ0v) is 15.8. The summed E-state index contributed by atoms with van der Waals surface area (Å²) in [7, 11) is 0. The molecule has 0 unspecified atom stereocenters. The number of hydrogen-bond donors (Lipinski definition) is 0. The van der Waals surface area contributed by atoms with Crippen LogP contribution in [0.2, 0.25) is 5.15 Å². The van der Waals surface area contributed by atoms with Crippen LogP contribution in [0.15, 0.2) is 48.7 Å². The van der Waals surface area contributed by atoms with Gasteiger partial charge in [-0.3, -0.25) is 9.69 Å². The number of fused-ring (bicyclic) bond motifs is 1. The number of hydrogen-bond acceptors (Lipinski definition) is 4. The summed E-state index contributed by atoms with van der Waals surface area (Å²) < 4.78 is 0. The quantitative estimate of drug-likeness (QED) is 0.601. The lowest BCUT2D eigenvalue weighted by atomic mass is 10.0. The molecule has 0 radical (unpaired) electrons. The monoisotopic (exact) mass is 383 g/mol. The summed E-state index contributed by atoms with van der Waals surface area (Å²) in [6, 6.07) is 13.3. The third kappa shape index (κ3) is 3.64. The highest BCUT2D eigenvalue weighted by Crippen LogP contribution is 2.33. The van der Waals surface area contributed by atoms with E-state index in [9.17, 15) is 4.79 Å². The van der Waals surface area contributed by atoms with Gasteiger partial charge in [0.1, 0.15) is 5.15 Å². The summed E-state index contributed by atoms with van der Waals surface area (Å²) in [5.41, 5.74) is 2.73. The highest BCUT2D eigenvalue weighted by Gasteiger charge is 2.24. The Morgan fingerprint density at radius 2 is 1.92 bits per heavy atom. The molecule has 1 amide bonds. The summed E-state index contributed by atoms with van der Waals surface area (Å²) in [6.45, 7) is 0.481. The van der Waals surface area contributed by atoms with Crippen LogP contribution in [0.25, 0.3) is 0 Å². The minimum atomic E-state index is -0.107. The topological polar surface area (TPSA) is 46.1 Å². The average Bonchev–Trinajstić information content (AvgIpc) is 3.11. The van der Waals surface area contributed by atoms with Crippen LogP contribution in [-0.2, 0) is 19.4 Å². The van der Waals surface area contributed by atoms with Crippen LogP contribution in [-0.4, -0.2) is 15.9 Å². The normalized spacial score (nSPS) is 13.3. The Hall–Kier alpha value is -2.24. The van der Waals surface area contributed by atoms with E-state index < -0.39 is 0 Å². The smallest absolute Gasteiger partial charge is 0.261 e. The summed E-state index contributed by atoms with van der Waals surface area (Å²) in [4.78, 5) is 25.1. The predicted molar refractivity (Wildman–Crippen MR) is 105 cm³/mol. The number of benzene rings is 1. The number of nitrogens with zero attached hydrogens (tertiary/aromatic N) is 3. The highest BCUT2D eigenvalue weighted by molar-refractivity contribution is 7.16. The van der Waals surface area contributed by atoms with Crippen molar-refractivity contribution in [1.29, 1.82) is 0 Å². The SMILES string of the molecule is O=C(c1ccc(Cl)nc1)N(Cc1ccccc1)c1nc2c(s1)CCCC2. The van der Waals surface area contributed by atoms with Crippen LogP contribution in [0.3, 0.4) is 0 Å². The van der Waals surface area contributed by atoms with Gasteiger partial charge in [0.05, 0.1) is 17.8 Å². The summed E-state index contributed by atoms with van der Waals surface area (Å²) in [5.74, 6) is -0.107. The molecule has 1 aliphatic carbocycles. The summed E-state index contributed by atoms with van der Waals surface area (Å²) >= 11 is 7.50. The van der Waals surface area contributed by atoms with E-state index >= 15 is 0 Å². The molecule has 132 valence electrons. The Morgan fingerprint density at radius 1 is 1.12 bits per heavy atom. The number of anilines is 1. The fourth-order valence-electron chi connectivity index (χ4n) is 3.10. The number of aromatic nitrogens is 2. The molecular formula is C20H18ClN3OS. The molecule has 0 fully saturated rings. The molecule has 1 aromatic carbocycles. The van der Waals surface area contributed by atoms with Crippen LogP contribution in [0, 0.1) is 0 Å². The van der Waals surface area contributed by atoms with Gasteiger partial charge in [-0.1, -0.05) is 41.9 Å². The van der Waals surface area contributed by atoms with Crippen molar-refractivity contribution in [3.05, 3.63) is 75.5 Å². The Kier molecular flexibility index (Phi) is 5.00. The third-order valence-electron chi connectivity index (χ3n) is 4.47. The van der Waals surface area contributed by atoms with Crippen LogP contribution in [0.1, 0.15) is 39.3 Å². The first-order valence-electron chi connectivity index (χ1n) is 8.66. The number of carbonyl (C=O) groups excluding carboxylic acids is 1. The van der Waals surface area contributed by atoms with Gasteiger partial charge in [0.25, 0.3) is 5.91 Å². The lowest BCUT2D eigenvalue weighted by Gasteiger charge is -2.20. The molecule has 0 N–H and O–H groups in total. The zero-order chi connectivity index (χ0) is 17.9. The van der Waals surface area contributed by atoms with Gasteiger partial charge in [0.15, 0.2) is 5.13 Å². The second-order valence-electron chi connectivity index (χ2n) is 6.32. The second kappa shape index (κ2) is 7.56. The fraction of sp³-hybridized carbons (Fsp3) is 0.250. The lowest BCUT2D eigenvalue weighted by molar-refractivity contribution is 0.0984. The number of pyridine rings is 1. The molecule has 0 saturated carbocycles. The van der Waals surface area contributed by atoms with Crippen molar-refractivity contribution in [2.24, 2.45) is 0 Å². The van der Waals surface area contributed by atoms with Gasteiger partial charge >= 0.3 is 0 Å². The van der Waals surface area contributed by atoms with Gasteiger partial charge in [-0.15, -0.1) is 11.3 Å². The van der Waals surface area contributed by atoms with E-state index in [1.165, 1.54) is 23.9 Å². The molecular weight excluding hydrogens is 366 g/mol. The Balaban J connectivity index is 1.70. The minimum Gasteiger partial charge on any atom is -0.279 e. The molecule has 4 rings (SSSR count). The molecule has 4 nitrogen and oxygen atoms in total. The highest BCUT2D eigenvalue weighted by atomic mass is 35.5. The van der Waals surface area contributed by atoms with Crippen LogP contribution < -0.4 is 4.90 Å². The number of rotatable bonds is 4. The molecule has 0 spiro atoms. The molecule has 0 saturated heterocycles. The predicted octanol–water partition coefficient (Wildman–Crippen LogP) is 4.92. The average molecular weight is 384 g/mol. The van der Waals surface area contributed by atoms with Crippen LogP contribution in [0.5, 0.6) is 0 Å². The zero-order valence-electron chi connectivity index (χ0n) is 14.2. The van der Waals surface area contributed by atoms with Gasteiger partial charge in [0, 0.05) is 11.1 Å². The van der Waals surface area contributed by atoms with E-state index in [4.69, 9.17) is 16.6 Å². The Labute approximate surface area is 161 Å². The van der Waals surface area contributed by atoms with Crippen molar-refractivity contribution in [3.8, 4) is 0 Å². The largest absolute Gasteiger partial charge is 0.279 e. The summed E-state index contributed by atoms with van der Waals surface area (Å²) in [5, 5.41) is 1.14. The van der Waals surface area contributed by atoms with Crippen molar-refractivity contribution >= 4 is 34.0 Å². The van der Waals surface area contributed by atoms with E-state index in [0.29, 0.717) is 17.3 Å². The first kappa shape index (κ1) is 17.2. The first-order chi connectivity index (χ1) is 12.7. The second-order valence-corrected chi connectivity index (χ2v) is 7.77. The molecule has 0 aliphatic heterocycles.